The van der Waals surface area contributed by atoms with Crippen LogP contribution in [0.5, 0.6) is 5.75 Å². The number of rotatable bonds is 3. The van der Waals surface area contributed by atoms with Gasteiger partial charge in [-0.2, -0.15) is 0 Å². The highest BCUT2D eigenvalue weighted by molar-refractivity contribution is 6.34. The normalized spacial score (nSPS) is 16.2. The summed E-state index contributed by atoms with van der Waals surface area (Å²) >= 11 is 6.12. The number of carbonyl (C=O) groups is 1. The van der Waals surface area contributed by atoms with Gasteiger partial charge < -0.3 is 20.1 Å². The number of ether oxygens (including phenoxy) is 2. The Balaban J connectivity index is 2.17. The second kappa shape index (κ2) is 6.33. The molecule has 0 aliphatic carbocycles. The molecule has 6 heteroatoms. The molecule has 0 atom stereocenters. The van der Waals surface area contributed by atoms with E-state index in [1.165, 1.54) is 7.11 Å². The Morgan fingerprint density at radius 2 is 2.00 bits per heavy atom. The zero-order valence-corrected chi connectivity index (χ0v) is 12.4. The number of nitrogens with two attached hydrogens (primary N) is 1. The fourth-order valence-corrected chi connectivity index (χ4v) is 2.63. The van der Waals surface area contributed by atoms with Gasteiger partial charge in [0.15, 0.2) is 0 Å². The average molecular weight is 299 g/mol. The second-order valence-corrected chi connectivity index (χ2v) is 5.21. The van der Waals surface area contributed by atoms with Crippen LogP contribution in [0.25, 0.3) is 0 Å². The monoisotopic (exact) mass is 298 g/mol. The van der Waals surface area contributed by atoms with Crippen molar-refractivity contribution in [2.24, 2.45) is 0 Å². The molecule has 110 valence electrons. The third-order valence-electron chi connectivity index (χ3n) is 3.61. The summed E-state index contributed by atoms with van der Waals surface area (Å²) in [6.45, 7) is 1.33. The third kappa shape index (κ3) is 2.99. The fourth-order valence-electron chi connectivity index (χ4n) is 2.37. The van der Waals surface area contributed by atoms with Gasteiger partial charge in [-0.3, -0.25) is 4.79 Å². The molecule has 0 unspecified atom stereocenters. The quantitative estimate of drug-likeness (QED) is 0.869. The van der Waals surface area contributed by atoms with Crippen LogP contribution < -0.4 is 10.5 Å². The number of likely N-dealkylation sites (tertiary alicyclic amines) is 1. The zero-order chi connectivity index (χ0) is 14.7. The Morgan fingerprint density at radius 3 is 2.55 bits per heavy atom. The number of amides is 1. The molecular formula is C14H19ClN2O3. The molecule has 1 aliphatic heterocycles. The van der Waals surface area contributed by atoms with Crippen molar-refractivity contribution in [1.82, 2.24) is 4.90 Å². The minimum Gasteiger partial charge on any atom is -0.495 e. The van der Waals surface area contributed by atoms with Crippen LogP contribution in [-0.4, -0.2) is 44.2 Å². The number of piperidine rings is 1. The van der Waals surface area contributed by atoms with Gasteiger partial charge in [-0.15, -0.1) is 0 Å². The molecule has 0 aromatic heterocycles. The van der Waals surface area contributed by atoms with E-state index in [4.69, 9.17) is 26.8 Å². The van der Waals surface area contributed by atoms with Gasteiger partial charge in [0.25, 0.3) is 5.91 Å². The largest absolute Gasteiger partial charge is 0.495 e. The summed E-state index contributed by atoms with van der Waals surface area (Å²) in [7, 11) is 3.21. The van der Waals surface area contributed by atoms with Gasteiger partial charge in [-0.1, -0.05) is 11.6 Å². The van der Waals surface area contributed by atoms with Crippen molar-refractivity contribution in [3.8, 4) is 5.75 Å². The van der Waals surface area contributed by atoms with E-state index in [0.717, 1.165) is 12.8 Å². The van der Waals surface area contributed by atoms with E-state index in [1.54, 1.807) is 24.1 Å². The van der Waals surface area contributed by atoms with Gasteiger partial charge in [-0.25, -0.2) is 0 Å². The van der Waals surface area contributed by atoms with Crippen molar-refractivity contribution in [3.05, 3.63) is 22.7 Å². The first-order valence-corrected chi connectivity index (χ1v) is 6.89. The Bertz CT molecular complexity index is 499. The number of nitrogens with zero attached hydrogens (tertiary/aromatic N) is 1. The number of halogens is 1. The van der Waals surface area contributed by atoms with Crippen LogP contribution in [0.3, 0.4) is 0 Å². The van der Waals surface area contributed by atoms with Crippen LogP contribution in [0.4, 0.5) is 5.69 Å². The van der Waals surface area contributed by atoms with Crippen LogP contribution in [0.15, 0.2) is 12.1 Å². The molecule has 1 aliphatic rings. The summed E-state index contributed by atoms with van der Waals surface area (Å²) < 4.78 is 10.4. The highest BCUT2D eigenvalue weighted by Crippen LogP contribution is 2.30. The van der Waals surface area contributed by atoms with Crippen molar-refractivity contribution >= 4 is 23.2 Å². The third-order valence-corrected chi connectivity index (χ3v) is 3.93. The molecule has 0 saturated carbocycles. The molecule has 0 spiro atoms. The minimum absolute atomic E-state index is 0.0946. The van der Waals surface area contributed by atoms with Crippen molar-refractivity contribution in [1.29, 1.82) is 0 Å². The molecule has 0 bridgehead atoms. The van der Waals surface area contributed by atoms with Crippen LogP contribution in [0.2, 0.25) is 5.02 Å². The molecule has 1 aromatic rings. The summed E-state index contributed by atoms with van der Waals surface area (Å²) in [5.74, 6) is 0.368. The maximum absolute atomic E-state index is 12.5. The first-order chi connectivity index (χ1) is 9.56. The number of anilines is 1. The van der Waals surface area contributed by atoms with Gasteiger partial charge in [0.1, 0.15) is 5.75 Å². The van der Waals surface area contributed by atoms with Crippen molar-refractivity contribution in [2.45, 2.75) is 18.9 Å². The predicted octanol–water partition coefficient (Wildman–Crippen LogP) is 2.18. The van der Waals surface area contributed by atoms with E-state index in [2.05, 4.69) is 0 Å². The van der Waals surface area contributed by atoms with E-state index >= 15 is 0 Å². The Kier molecular flexibility index (Phi) is 4.73. The number of benzene rings is 1. The number of carbonyl (C=O) groups excluding carboxylic acids is 1. The molecular weight excluding hydrogens is 280 g/mol. The van der Waals surface area contributed by atoms with Crippen LogP contribution in [-0.2, 0) is 4.74 Å². The second-order valence-electron chi connectivity index (χ2n) is 4.80. The lowest BCUT2D eigenvalue weighted by Gasteiger charge is -2.31. The number of hydrogen-bond acceptors (Lipinski definition) is 4. The van der Waals surface area contributed by atoms with Gasteiger partial charge in [0.05, 0.1) is 29.5 Å². The SMILES string of the molecule is COc1cc(C(=O)N2CCC(OC)CC2)c(Cl)cc1N. The van der Waals surface area contributed by atoms with Crippen molar-refractivity contribution < 1.29 is 14.3 Å². The Hall–Kier alpha value is -1.46. The summed E-state index contributed by atoms with van der Waals surface area (Å²) in [5, 5.41) is 0.349. The first-order valence-electron chi connectivity index (χ1n) is 6.52. The molecule has 1 aromatic carbocycles. The van der Waals surface area contributed by atoms with Crippen LogP contribution in [0.1, 0.15) is 23.2 Å². The Morgan fingerprint density at radius 1 is 1.35 bits per heavy atom. The Labute approximate surface area is 123 Å². The highest BCUT2D eigenvalue weighted by atomic mass is 35.5. The van der Waals surface area contributed by atoms with Gasteiger partial charge >= 0.3 is 0 Å². The smallest absolute Gasteiger partial charge is 0.255 e. The van der Waals surface area contributed by atoms with Gasteiger partial charge in [0.2, 0.25) is 0 Å². The molecule has 1 fully saturated rings. The summed E-state index contributed by atoms with van der Waals surface area (Å²) in [4.78, 5) is 14.3. The van der Waals surface area contributed by atoms with Gasteiger partial charge in [-0.05, 0) is 25.0 Å². The molecule has 2 N–H and O–H groups in total. The van der Waals surface area contributed by atoms with Crippen LogP contribution >= 0.6 is 11.6 Å². The molecule has 5 nitrogen and oxygen atoms in total. The van der Waals surface area contributed by atoms with E-state index in [0.29, 0.717) is 35.1 Å². The summed E-state index contributed by atoms with van der Waals surface area (Å²) in [6.07, 6.45) is 1.91. The number of methoxy groups -OCH3 is 2. The average Bonchev–Trinajstić information content (AvgIpc) is 2.47. The van der Waals surface area contributed by atoms with Crippen LogP contribution in [0, 0.1) is 0 Å². The lowest BCUT2D eigenvalue weighted by Crippen LogP contribution is -2.40. The molecule has 2 rings (SSSR count). The van der Waals surface area contributed by atoms with E-state index in [-0.39, 0.29) is 12.0 Å². The molecule has 1 saturated heterocycles. The molecule has 20 heavy (non-hydrogen) atoms. The summed E-state index contributed by atoms with van der Waals surface area (Å²) in [5.41, 5.74) is 6.61. The predicted molar refractivity (Wildman–Crippen MR) is 78.4 cm³/mol. The topological polar surface area (TPSA) is 64.8 Å². The molecule has 1 heterocycles. The zero-order valence-electron chi connectivity index (χ0n) is 11.7. The maximum atomic E-state index is 12.5. The number of nitrogen functional groups attached to an aromatic ring is 1. The lowest BCUT2D eigenvalue weighted by atomic mass is 10.1. The highest BCUT2D eigenvalue weighted by Gasteiger charge is 2.25. The van der Waals surface area contributed by atoms with E-state index in [1.807, 2.05) is 0 Å². The van der Waals surface area contributed by atoms with E-state index < -0.39 is 0 Å². The lowest BCUT2D eigenvalue weighted by molar-refractivity contribution is 0.0350. The molecule has 0 radical (unpaired) electrons. The standard InChI is InChI=1S/C14H19ClN2O3/c1-19-9-3-5-17(6-4-9)14(18)10-7-13(20-2)12(16)8-11(10)15/h7-9H,3-6,16H2,1-2H3. The summed E-state index contributed by atoms with van der Waals surface area (Å²) in [6, 6.07) is 3.15. The number of hydrogen-bond donors (Lipinski definition) is 1. The van der Waals surface area contributed by atoms with Crippen molar-refractivity contribution in [3.63, 3.8) is 0 Å². The molecule has 1 amide bonds. The first kappa shape index (κ1) is 14.9. The maximum Gasteiger partial charge on any atom is 0.255 e. The minimum atomic E-state index is -0.0946. The van der Waals surface area contributed by atoms with E-state index in [9.17, 15) is 4.79 Å². The van der Waals surface area contributed by atoms with Crippen molar-refractivity contribution in [2.75, 3.05) is 33.0 Å². The van der Waals surface area contributed by atoms with Gasteiger partial charge in [0, 0.05) is 20.2 Å². The fraction of sp³-hybridized carbons (Fsp3) is 0.500.